The number of hydrogen-bond acceptors (Lipinski definition) is 6. The summed E-state index contributed by atoms with van der Waals surface area (Å²) in [7, 11) is -1.45. The fraction of sp³-hybridized carbons (Fsp3) is 0.818. The summed E-state index contributed by atoms with van der Waals surface area (Å²) >= 11 is 0. The van der Waals surface area contributed by atoms with Crippen LogP contribution in [0.4, 0.5) is 0 Å². The van der Waals surface area contributed by atoms with E-state index in [4.69, 9.17) is 21.5 Å². The van der Waals surface area contributed by atoms with Crippen LogP contribution < -0.4 is 11.5 Å². The first kappa shape index (κ1) is 16.9. The minimum atomic E-state index is -1.52. The van der Waals surface area contributed by atoms with Crippen molar-refractivity contribution in [2.24, 2.45) is 17.4 Å². The zero-order chi connectivity index (χ0) is 15.5. The molecule has 20 heavy (non-hydrogen) atoms. The molecule has 0 unspecified atom stereocenters. The van der Waals surface area contributed by atoms with Crippen molar-refractivity contribution >= 4 is 19.0 Å². The van der Waals surface area contributed by atoms with E-state index in [9.17, 15) is 14.7 Å². The zero-order valence-corrected chi connectivity index (χ0v) is 11.5. The molecule has 1 amide bonds. The van der Waals surface area contributed by atoms with Gasteiger partial charge in [0, 0.05) is 13.1 Å². The van der Waals surface area contributed by atoms with E-state index in [-0.39, 0.29) is 31.1 Å². The van der Waals surface area contributed by atoms with Gasteiger partial charge in [-0.15, -0.1) is 0 Å². The molecule has 0 radical (unpaired) electrons. The summed E-state index contributed by atoms with van der Waals surface area (Å²) in [6.07, 6.45) is 0.686. The second kappa shape index (κ2) is 6.53. The predicted molar refractivity (Wildman–Crippen MR) is 72.5 cm³/mol. The summed E-state index contributed by atoms with van der Waals surface area (Å²) in [5, 5.41) is 27.0. The molecule has 1 saturated heterocycles. The number of carbonyl (C=O) groups is 2. The van der Waals surface area contributed by atoms with E-state index in [1.165, 1.54) is 11.8 Å². The van der Waals surface area contributed by atoms with Crippen LogP contribution in [0.15, 0.2) is 0 Å². The van der Waals surface area contributed by atoms with E-state index in [1.807, 2.05) is 0 Å². The monoisotopic (exact) mass is 287 g/mol. The SMILES string of the molecule is C[C@H](N)C(=O)N1C[C@H](CCB(O)O)C[C@](N)(C(=O)O)C1. The van der Waals surface area contributed by atoms with Gasteiger partial charge in [-0.3, -0.25) is 9.59 Å². The first-order valence-electron chi connectivity index (χ1n) is 6.58. The van der Waals surface area contributed by atoms with Gasteiger partial charge in [-0.05, 0) is 25.6 Å². The summed E-state index contributed by atoms with van der Waals surface area (Å²) in [6.45, 7) is 1.78. The molecule has 0 spiro atoms. The third kappa shape index (κ3) is 4.17. The highest BCUT2D eigenvalue weighted by molar-refractivity contribution is 6.40. The van der Waals surface area contributed by atoms with Gasteiger partial charge >= 0.3 is 13.1 Å². The van der Waals surface area contributed by atoms with Crippen molar-refractivity contribution in [3.8, 4) is 0 Å². The highest BCUT2D eigenvalue weighted by atomic mass is 16.4. The molecule has 1 rings (SSSR count). The Hall–Kier alpha value is -1.16. The number of rotatable bonds is 5. The summed E-state index contributed by atoms with van der Waals surface area (Å²) < 4.78 is 0. The molecule has 0 aliphatic carbocycles. The maximum atomic E-state index is 11.9. The number of amides is 1. The summed E-state index contributed by atoms with van der Waals surface area (Å²) in [5.74, 6) is -1.72. The minimum absolute atomic E-state index is 0.0825. The lowest BCUT2D eigenvalue weighted by Gasteiger charge is -2.42. The average molecular weight is 287 g/mol. The Morgan fingerprint density at radius 3 is 2.55 bits per heavy atom. The number of carbonyl (C=O) groups excluding carboxylic acids is 1. The fourth-order valence-corrected chi connectivity index (χ4v) is 2.55. The Balaban J connectivity index is 2.83. The molecule has 8 nitrogen and oxygen atoms in total. The van der Waals surface area contributed by atoms with Gasteiger partial charge in [0.2, 0.25) is 5.91 Å². The number of carboxylic acids is 1. The molecule has 3 atom stereocenters. The summed E-state index contributed by atoms with van der Waals surface area (Å²) in [5.41, 5.74) is 9.89. The van der Waals surface area contributed by atoms with Crippen LogP contribution in [0.2, 0.25) is 6.32 Å². The number of likely N-dealkylation sites (tertiary alicyclic amines) is 1. The molecule has 1 fully saturated rings. The molecule has 0 bridgehead atoms. The first-order valence-corrected chi connectivity index (χ1v) is 6.58. The van der Waals surface area contributed by atoms with Gasteiger partial charge in [-0.2, -0.15) is 0 Å². The molecule has 7 N–H and O–H groups in total. The molecule has 0 saturated carbocycles. The van der Waals surface area contributed by atoms with E-state index < -0.39 is 24.7 Å². The molecular formula is C11H22BN3O5. The Morgan fingerprint density at radius 2 is 2.10 bits per heavy atom. The standard InChI is InChI=1S/C11H22BN3O5/c1-7(13)9(16)15-5-8(2-3-12(19)20)4-11(14,6-15)10(17)18/h7-8,19-20H,2-6,13-14H2,1H3,(H,17,18)/t7-,8+,11+/m0/s1. The molecule has 1 aliphatic heterocycles. The van der Waals surface area contributed by atoms with Crippen molar-refractivity contribution in [1.29, 1.82) is 0 Å². The molecule has 9 heteroatoms. The molecule has 1 heterocycles. The van der Waals surface area contributed by atoms with Gasteiger partial charge in [0.1, 0.15) is 5.54 Å². The topological polar surface area (TPSA) is 150 Å². The van der Waals surface area contributed by atoms with E-state index in [0.717, 1.165) is 0 Å². The van der Waals surface area contributed by atoms with Gasteiger partial charge in [0.15, 0.2) is 0 Å². The Kier molecular flexibility index (Phi) is 5.52. The van der Waals surface area contributed by atoms with E-state index in [1.54, 1.807) is 0 Å². The van der Waals surface area contributed by atoms with Crippen LogP contribution in [-0.4, -0.2) is 63.7 Å². The van der Waals surface area contributed by atoms with Crippen LogP contribution >= 0.6 is 0 Å². The lowest BCUT2D eigenvalue weighted by molar-refractivity contribution is -0.149. The van der Waals surface area contributed by atoms with Crippen molar-refractivity contribution in [3.05, 3.63) is 0 Å². The number of aliphatic carboxylic acids is 1. The van der Waals surface area contributed by atoms with Crippen molar-refractivity contribution in [2.75, 3.05) is 13.1 Å². The van der Waals surface area contributed by atoms with Crippen LogP contribution in [0, 0.1) is 5.92 Å². The molecular weight excluding hydrogens is 265 g/mol. The van der Waals surface area contributed by atoms with Gasteiger partial charge in [0.25, 0.3) is 0 Å². The number of hydrogen-bond donors (Lipinski definition) is 5. The number of nitrogens with two attached hydrogens (primary N) is 2. The van der Waals surface area contributed by atoms with E-state index >= 15 is 0 Å². The lowest BCUT2D eigenvalue weighted by Crippen LogP contribution is -2.64. The Morgan fingerprint density at radius 1 is 1.50 bits per heavy atom. The van der Waals surface area contributed by atoms with Crippen molar-refractivity contribution in [2.45, 2.75) is 37.7 Å². The fourth-order valence-electron chi connectivity index (χ4n) is 2.55. The van der Waals surface area contributed by atoms with Crippen LogP contribution in [0.1, 0.15) is 19.8 Å². The van der Waals surface area contributed by atoms with E-state index in [0.29, 0.717) is 13.0 Å². The number of piperidine rings is 1. The second-order valence-electron chi connectivity index (χ2n) is 5.60. The van der Waals surface area contributed by atoms with Gasteiger partial charge < -0.3 is 31.5 Å². The molecule has 114 valence electrons. The largest absolute Gasteiger partial charge is 0.480 e. The molecule has 0 aromatic heterocycles. The quantitative estimate of drug-likeness (QED) is 0.361. The van der Waals surface area contributed by atoms with Crippen LogP contribution in [0.5, 0.6) is 0 Å². The minimum Gasteiger partial charge on any atom is -0.480 e. The van der Waals surface area contributed by atoms with Crippen molar-refractivity contribution in [3.63, 3.8) is 0 Å². The van der Waals surface area contributed by atoms with Crippen molar-refractivity contribution < 1.29 is 24.7 Å². The van der Waals surface area contributed by atoms with Crippen molar-refractivity contribution in [1.82, 2.24) is 4.90 Å². The van der Waals surface area contributed by atoms with Crippen LogP contribution in [-0.2, 0) is 9.59 Å². The molecule has 1 aliphatic rings. The molecule has 0 aromatic carbocycles. The highest BCUT2D eigenvalue weighted by Crippen LogP contribution is 2.28. The van der Waals surface area contributed by atoms with Crippen LogP contribution in [0.25, 0.3) is 0 Å². The third-order valence-electron chi connectivity index (χ3n) is 3.56. The van der Waals surface area contributed by atoms with Gasteiger partial charge in [-0.1, -0.05) is 6.42 Å². The van der Waals surface area contributed by atoms with Gasteiger partial charge in [-0.25, -0.2) is 0 Å². The Bertz CT molecular complexity index is 379. The lowest BCUT2D eigenvalue weighted by atomic mass is 9.75. The summed E-state index contributed by atoms with van der Waals surface area (Å²) in [4.78, 5) is 24.6. The van der Waals surface area contributed by atoms with Gasteiger partial charge in [0.05, 0.1) is 6.04 Å². The van der Waals surface area contributed by atoms with E-state index in [2.05, 4.69) is 0 Å². The summed E-state index contributed by atoms with van der Waals surface area (Å²) in [6, 6.07) is -0.727. The average Bonchev–Trinajstić information content (AvgIpc) is 2.34. The first-order chi connectivity index (χ1) is 9.15. The number of nitrogens with zero attached hydrogens (tertiary/aromatic N) is 1. The van der Waals surface area contributed by atoms with Crippen LogP contribution in [0.3, 0.4) is 0 Å². The normalized spacial score (nSPS) is 28.1. The predicted octanol–water partition coefficient (Wildman–Crippen LogP) is -2.17. The zero-order valence-electron chi connectivity index (χ0n) is 11.5. The molecule has 0 aromatic rings. The third-order valence-corrected chi connectivity index (χ3v) is 3.56. The number of carboxylic acid groups (broad SMARTS) is 1. The maximum Gasteiger partial charge on any atom is 0.451 e. The Labute approximate surface area is 117 Å². The maximum absolute atomic E-state index is 11.9. The smallest absolute Gasteiger partial charge is 0.451 e. The highest BCUT2D eigenvalue weighted by Gasteiger charge is 2.44. The second-order valence-corrected chi connectivity index (χ2v) is 5.60.